The number of para-hydroxylation sites is 2. The Bertz CT molecular complexity index is 366. The molecule has 0 radical (unpaired) electrons. The van der Waals surface area contributed by atoms with Crippen LogP contribution in [-0.4, -0.2) is 37.2 Å². The lowest BCUT2D eigenvalue weighted by Crippen LogP contribution is -3.00. The highest BCUT2D eigenvalue weighted by molar-refractivity contribution is 5.40. The summed E-state index contributed by atoms with van der Waals surface area (Å²) < 4.78 is 11.6. The second-order valence-corrected chi connectivity index (χ2v) is 4.51. The van der Waals surface area contributed by atoms with Gasteiger partial charge in [-0.2, -0.15) is 0 Å². The van der Waals surface area contributed by atoms with Crippen LogP contribution >= 0.6 is 0 Å². The van der Waals surface area contributed by atoms with Gasteiger partial charge < -0.3 is 21.9 Å². The third-order valence-electron chi connectivity index (χ3n) is 3.23. The van der Waals surface area contributed by atoms with Crippen molar-refractivity contribution in [2.75, 3.05) is 26.2 Å². The highest BCUT2D eigenvalue weighted by Crippen LogP contribution is 2.31. The Morgan fingerprint density at radius 1 is 1.12 bits per heavy atom. The van der Waals surface area contributed by atoms with Crippen LogP contribution in [0.25, 0.3) is 0 Å². The molecule has 94 valence electrons. The number of benzene rings is 1. The van der Waals surface area contributed by atoms with Gasteiger partial charge in [0.2, 0.25) is 0 Å². The molecule has 0 saturated carbocycles. The number of likely N-dealkylation sites (tertiary alicyclic amines) is 1. The fourth-order valence-electron chi connectivity index (χ4n) is 2.41. The fraction of sp³-hybridized carbons (Fsp3) is 0.538. The number of hydrogen-bond donors (Lipinski definition) is 0. The predicted molar refractivity (Wildman–Crippen MR) is 62.0 cm³/mol. The topological polar surface area (TPSA) is 21.7 Å². The summed E-state index contributed by atoms with van der Waals surface area (Å²) in [7, 11) is 0. The Morgan fingerprint density at radius 3 is 2.59 bits per heavy atom. The van der Waals surface area contributed by atoms with Gasteiger partial charge in [0.25, 0.3) is 0 Å². The van der Waals surface area contributed by atoms with Crippen molar-refractivity contribution in [1.82, 2.24) is 4.90 Å². The van der Waals surface area contributed by atoms with E-state index in [1.807, 2.05) is 24.3 Å². The summed E-state index contributed by atoms with van der Waals surface area (Å²) >= 11 is 0. The van der Waals surface area contributed by atoms with E-state index in [4.69, 9.17) is 9.47 Å². The van der Waals surface area contributed by atoms with E-state index in [9.17, 15) is 0 Å². The Kier molecular flexibility index (Phi) is 4.13. The van der Waals surface area contributed by atoms with Gasteiger partial charge in [-0.3, -0.25) is 4.90 Å². The molecule has 1 aromatic rings. The van der Waals surface area contributed by atoms with Crippen molar-refractivity contribution < 1.29 is 21.9 Å². The first-order valence-electron chi connectivity index (χ1n) is 6.03. The molecule has 4 heteroatoms. The predicted octanol–water partition coefficient (Wildman–Crippen LogP) is -1.07. The molecule has 17 heavy (non-hydrogen) atoms. The van der Waals surface area contributed by atoms with E-state index < -0.39 is 0 Å². The summed E-state index contributed by atoms with van der Waals surface area (Å²) in [5.41, 5.74) is 0. The van der Waals surface area contributed by atoms with E-state index in [1.165, 1.54) is 25.9 Å². The van der Waals surface area contributed by atoms with Gasteiger partial charge in [-0.05, 0) is 38.1 Å². The fourth-order valence-corrected chi connectivity index (χ4v) is 2.41. The zero-order valence-corrected chi connectivity index (χ0v) is 10.5. The van der Waals surface area contributed by atoms with Gasteiger partial charge in [0, 0.05) is 6.54 Å². The van der Waals surface area contributed by atoms with Crippen LogP contribution in [0.3, 0.4) is 0 Å². The summed E-state index contributed by atoms with van der Waals surface area (Å²) in [6, 6.07) is 7.90. The van der Waals surface area contributed by atoms with Gasteiger partial charge in [-0.25, -0.2) is 0 Å². The first-order valence-corrected chi connectivity index (χ1v) is 6.03. The van der Waals surface area contributed by atoms with E-state index in [0.29, 0.717) is 6.61 Å². The summed E-state index contributed by atoms with van der Waals surface area (Å²) in [6.07, 6.45) is 2.84. The third kappa shape index (κ3) is 2.85. The van der Waals surface area contributed by atoms with E-state index in [0.717, 1.165) is 18.0 Å². The van der Waals surface area contributed by atoms with Crippen LogP contribution in [0.1, 0.15) is 12.8 Å². The monoisotopic (exact) mass is 254 g/mol. The van der Waals surface area contributed by atoms with E-state index in [-0.39, 0.29) is 18.5 Å². The first kappa shape index (κ1) is 12.5. The van der Waals surface area contributed by atoms with E-state index in [2.05, 4.69) is 4.90 Å². The lowest BCUT2D eigenvalue weighted by Gasteiger charge is -2.29. The molecule has 2 aliphatic rings. The Morgan fingerprint density at radius 2 is 1.82 bits per heavy atom. The molecule has 2 heterocycles. The number of halogens is 1. The molecule has 2 aliphatic heterocycles. The van der Waals surface area contributed by atoms with Crippen LogP contribution in [0, 0.1) is 0 Å². The second kappa shape index (κ2) is 5.61. The SMILES string of the molecule is [Cl-].c1ccc2c(c1)OCC(CN1CCCC1)O2. The van der Waals surface area contributed by atoms with E-state index in [1.54, 1.807) is 0 Å². The molecule has 1 unspecified atom stereocenters. The average Bonchev–Trinajstić information content (AvgIpc) is 2.82. The maximum absolute atomic E-state index is 5.93. The highest BCUT2D eigenvalue weighted by atomic mass is 35.5. The Balaban J connectivity index is 0.00000108. The highest BCUT2D eigenvalue weighted by Gasteiger charge is 2.24. The molecule has 0 spiro atoms. The second-order valence-electron chi connectivity index (χ2n) is 4.51. The minimum absolute atomic E-state index is 0. The quantitative estimate of drug-likeness (QED) is 0.671. The maximum atomic E-state index is 5.93. The van der Waals surface area contributed by atoms with E-state index >= 15 is 0 Å². The summed E-state index contributed by atoms with van der Waals surface area (Å²) in [4.78, 5) is 2.46. The molecule has 0 N–H and O–H groups in total. The van der Waals surface area contributed by atoms with Gasteiger partial charge in [-0.15, -0.1) is 0 Å². The maximum Gasteiger partial charge on any atom is 0.161 e. The van der Waals surface area contributed by atoms with Crippen LogP contribution in [0.15, 0.2) is 24.3 Å². The minimum atomic E-state index is 0. The third-order valence-corrected chi connectivity index (χ3v) is 3.23. The standard InChI is InChI=1S/C13H17NO2.ClH/c1-2-6-13-12(5-1)15-10-11(16-13)9-14-7-3-4-8-14;/h1-2,5-6,11H,3-4,7-10H2;1H/p-1. The summed E-state index contributed by atoms with van der Waals surface area (Å²) in [5.74, 6) is 1.76. The van der Waals surface area contributed by atoms with Gasteiger partial charge in [-0.1, -0.05) is 12.1 Å². The summed E-state index contributed by atoms with van der Waals surface area (Å²) in [6.45, 7) is 4.09. The number of ether oxygens (including phenoxy) is 2. The molecule has 0 aliphatic carbocycles. The number of nitrogens with zero attached hydrogens (tertiary/aromatic N) is 1. The average molecular weight is 255 g/mol. The lowest BCUT2D eigenvalue weighted by atomic mass is 10.2. The van der Waals surface area contributed by atoms with Gasteiger partial charge >= 0.3 is 0 Å². The number of hydrogen-bond acceptors (Lipinski definition) is 3. The van der Waals surface area contributed by atoms with Crippen LogP contribution in [-0.2, 0) is 0 Å². The first-order chi connectivity index (χ1) is 7.92. The van der Waals surface area contributed by atoms with Crippen molar-refractivity contribution >= 4 is 0 Å². The van der Waals surface area contributed by atoms with Crippen molar-refractivity contribution in [2.45, 2.75) is 18.9 Å². The molecule has 0 bridgehead atoms. The Hall–Kier alpha value is -0.930. The van der Waals surface area contributed by atoms with Gasteiger partial charge in [0.05, 0.1) is 0 Å². The normalized spacial score (nSPS) is 23.2. The van der Waals surface area contributed by atoms with Crippen molar-refractivity contribution in [2.24, 2.45) is 0 Å². The molecule has 1 aromatic carbocycles. The zero-order chi connectivity index (χ0) is 10.8. The van der Waals surface area contributed by atoms with Crippen LogP contribution in [0.4, 0.5) is 0 Å². The molecule has 1 atom stereocenters. The van der Waals surface area contributed by atoms with Crippen LogP contribution in [0.5, 0.6) is 11.5 Å². The van der Waals surface area contributed by atoms with Gasteiger partial charge in [0.15, 0.2) is 11.5 Å². The smallest absolute Gasteiger partial charge is 0.161 e. The van der Waals surface area contributed by atoms with Gasteiger partial charge in [0.1, 0.15) is 12.7 Å². The Labute approximate surface area is 108 Å². The minimum Gasteiger partial charge on any atom is -1.00 e. The van der Waals surface area contributed by atoms with Crippen molar-refractivity contribution in [1.29, 1.82) is 0 Å². The molecular weight excluding hydrogens is 238 g/mol. The molecule has 3 nitrogen and oxygen atoms in total. The number of fused-ring (bicyclic) bond motifs is 1. The molecule has 0 amide bonds. The van der Waals surface area contributed by atoms with Crippen molar-refractivity contribution in [3.05, 3.63) is 24.3 Å². The van der Waals surface area contributed by atoms with Crippen LogP contribution in [0.2, 0.25) is 0 Å². The van der Waals surface area contributed by atoms with Crippen LogP contribution < -0.4 is 21.9 Å². The molecule has 3 rings (SSSR count). The molecule has 1 fully saturated rings. The summed E-state index contributed by atoms with van der Waals surface area (Å²) in [5, 5.41) is 0. The largest absolute Gasteiger partial charge is 1.00 e. The zero-order valence-electron chi connectivity index (χ0n) is 9.77. The van der Waals surface area contributed by atoms with Crippen molar-refractivity contribution in [3.63, 3.8) is 0 Å². The molecule has 1 saturated heterocycles. The molecule has 0 aromatic heterocycles. The molecular formula is C13H17ClNO2-. The van der Waals surface area contributed by atoms with Crippen molar-refractivity contribution in [3.8, 4) is 11.5 Å². The lowest BCUT2D eigenvalue weighted by molar-refractivity contribution is -0.00000418. The number of rotatable bonds is 2.